The highest BCUT2D eigenvalue weighted by atomic mass is 16.5. The van der Waals surface area contributed by atoms with Gasteiger partial charge in [-0.3, -0.25) is 9.69 Å². The molecular formula is C9H19NO3. The molecule has 0 bridgehead atoms. The summed E-state index contributed by atoms with van der Waals surface area (Å²) in [7, 11) is 1.64. The molecule has 0 amide bonds. The van der Waals surface area contributed by atoms with Crippen LogP contribution in [0.4, 0.5) is 0 Å². The standard InChI is InChI=1S/C9H19NO3/c1-9(12)3-4-10(5-7-11)6-8-13-2/h11H,3-8H2,1-2H3. The molecule has 1 N–H and O–H groups in total. The van der Waals surface area contributed by atoms with Gasteiger partial charge < -0.3 is 9.84 Å². The minimum Gasteiger partial charge on any atom is -0.395 e. The number of carbonyl (C=O) groups is 1. The second-order valence-corrected chi connectivity index (χ2v) is 3.01. The summed E-state index contributed by atoms with van der Waals surface area (Å²) in [5, 5.41) is 8.73. The molecule has 0 atom stereocenters. The maximum Gasteiger partial charge on any atom is 0.131 e. The van der Waals surface area contributed by atoms with Gasteiger partial charge in [0.25, 0.3) is 0 Å². The Kier molecular flexibility index (Phi) is 7.88. The Morgan fingerprint density at radius 3 is 2.54 bits per heavy atom. The summed E-state index contributed by atoms with van der Waals surface area (Å²) in [6, 6.07) is 0. The summed E-state index contributed by atoms with van der Waals surface area (Å²) in [4.78, 5) is 12.7. The number of aliphatic hydroxyl groups excluding tert-OH is 1. The molecule has 0 saturated carbocycles. The maximum absolute atomic E-state index is 10.7. The second-order valence-electron chi connectivity index (χ2n) is 3.01. The topological polar surface area (TPSA) is 49.8 Å². The Morgan fingerprint density at radius 2 is 2.08 bits per heavy atom. The molecule has 0 aromatic heterocycles. The van der Waals surface area contributed by atoms with E-state index in [-0.39, 0.29) is 12.4 Å². The summed E-state index contributed by atoms with van der Waals surface area (Å²) in [6.45, 7) is 4.42. The highest BCUT2D eigenvalue weighted by Gasteiger charge is 2.04. The van der Waals surface area contributed by atoms with Gasteiger partial charge in [-0.05, 0) is 6.92 Å². The van der Waals surface area contributed by atoms with Gasteiger partial charge in [-0.25, -0.2) is 0 Å². The first-order valence-corrected chi connectivity index (χ1v) is 4.52. The third-order valence-electron chi connectivity index (χ3n) is 1.81. The smallest absolute Gasteiger partial charge is 0.131 e. The van der Waals surface area contributed by atoms with Gasteiger partial charge in [0.2, 0.25) is 0 Å². The minimum absolute atomic E-state index is 0.127. The zero-order valence-corrected chi connectivity index (χ0v) is 8.45. The number of Topliss-reactive ketones (excluding diaryl/α,β-unsaturated/α-hetero) is 1. The third-order valence-corrected chi connectivity index (χ3v) is 1.81. The molecule has 4 nitrogen and oxygen atoms in total. The molecule has 0 rings (SSSR count). The van der Waals surface area contributed by atoms with Crippen LogP contribution in [0.3, 0.4) is 0 Å². The number of rotatable bonds is 8. The first-order valence-electron chi connectivity index (χ1n) is 4.52. The van der Waals surface area contributed by atoms with Crippen molar-refractivity contribution in [1.82, 2.24) is 4.90 Å². The lowest BCUT2D eigenvalue weighted by Crippen LogP contribution is -2.32. The maximum atomic E-state index is 10.7. The van der Waals surface area contributed by atoms with Crippen LogP contribution in [0.25, 0.3) is 0 Å². The van der Waals surface area contributed by atoms with Crippen molar-refractivity contribution in [2.75, 3.05) is 40.0 Å². The first kappa shape index (κ1) is 12.6. The van der Waals surface area contributed by atoms with E-state index in [0.29, 0.717) is 26.1 Å². The lowest BCUT2D eigenvalue weighted by molar-refractivity contribution is -0.117. The van der Waals surface area contributed by atoms with Crippen LogP contribution < -0.4 is 0 Å². The highest BCUT2D eigenvalue weighted by molar-refractivity contribution is 5.75. The van der Waals surface area contributed by atoms with Gasteiger partial charge in [0, 0.05) is 33.2 Å². The average Bonchev–Trinajstić information content (AvgIpc) is 2.09. The van der Waals surface area contributed by atoms with Gasteiger partial charge in [-0.1, -0.05) is 0 Å². The van der Waals surface area contributed by atoms with Gasteiger partial charge in [0.05, 0.1) is 13.2 Å². The quantitative estimate of drug-likeness (QED) is 0.579. The van der Waals surface area contributed by atoms with Gasteiger partial charge in [0.1, 0.15) is 5.78 Å². The van der Waals surface area contributed by atoms with E-state index in [4.69, 9.17) is 9.84 Å². The molecule has 0 saturated heterocycles. The molecule has 0 radical (unpaired) electrons. The number of hydrogen-bond donors (Lipinski definition) is 1. The van der Waals surface area contributed by atoms with Gasteiger partial charge in [0.15, 0.2) is 0 Å². The Morgan fingerprint density at radius 1 is 1.38 bits per heavy atom. The van der Waals surface area contributed by atoms with E-state index >= 15 is 0 Å². The van der Waals surface area contributed by atoms with Crippen LogP contribution in [-0.2, 0) is 9.53 Å². The lowest BCUT2D eigenvalue weighted by Gasteiger charge is -2.19. The second kappa shape index (κ2) is 8.16. The molecule has 0 aliphatic carbocycles. The summed E-state index contributed by atoms with van der Waals surface area (Å²) >= 11 is 0. The van der Waals surface area contributed by atoms with Crippen LogP contribution in [-0.4, -0.2) is 55.7 Å². The number of ketones is 1. The molecule has 0 aromatic rings. The molecule has 78 valence electrons. The van der Waals surface area contributed by atoms with E-state index in [0.717, 1.165) is 6.54 Å². The van der Waals surface area contributed by atoms with Crippen LogP contribution >= 0.6 is 0 Å². The summed E-state index contributed by atoms with van der Waals surface area (Å²) in [5.41, 5.74) is 0. The lowest BCUT2D eigenvalue weighted by atomic mass is 10.3. The van der Waals surface area contributed by atoms with Gasteiger partial charge >= 0.3 is 0 Å². The number of carbonyl (C=O) groups excluding carboxylic acids is 1. The molecule has 0 fully saturated rings. The fourth-order valence-electron chi connectivity index (χ4n) is 1.01. The first-order chi connectivity index (χ1) is 6.20. The molecule has 13 heavy (non-hydrogen) atoms. The monoisotopic (exact) mass is 189 g/mol. The van der Waals surface area contributed by atoms with E-state index in [2.05, 4.69) is 0 Å². The SMILES string of the molecule is COCCN(CCO)CCC(C)=O. The molecular weight excluding hydrogens is 170 g/mol. The number of ether oxygens (including phenoxy) is 1. The summed E-state index contributed by atoms with van der Waals surface area (Å²) in [5.74, 6) is 0.181. The third kappa shape index (κ3) is 7.90. The van der Waals surface area contributed by atoms with Crippen molar-refractivity contribution in [2.45, 2.75) is 13.3 Å². The molecule has 0 spiro atoms. The highest BCUT2D eigenvalue weighted by Crippen LogP contribution is 1.92. The van der Waals surface area contributed by atoms with Crippen LogP contribution in [0.15, 0.2) is 0 Å². The predicted molar refractivity (Wildman–Crippen MR) is 50.7 cm³/mol. The summed E-state index contributed by atoms with van der Waals surface area (Å²) < 4.78 is 4.92. The van der Waals surface area contributed by atoms with Gasteiger partial charge in [-0.15, -0.1) is 0 Å². The number of methoxy groups -OCH3 is 1. The van der Waals surface area contributed by atoms with Crippen molar-refractivity contribution in [2.24, 2.45) is 0 Å². The molecule has 0 aliphatic heterocycles. The Labute approximate surface area is 79.5 Å². The Balaban J connectivity index is 3.59. The largest absolute Gasteiger partial charge is 0.395 e. The number of hydrogen-bond acceptors (Lipinski definition) is 4. The van der Waals surface area contributed by atoms with Crippen LogP contribution in [0.1, 0.15) is 13.3 Å². The molecule has 0 aliphatic rings. The molecule has 4 heteroatoms. The van der Waals surface area contributed by atoms with Crippen LogP contribution in [0.2, 0.25) is 0 Å². The van der Waals surface area contributed by atoms with Crippen molar-refractivity contribution in [3.8, 4) is 0 Å². The molecule has 0 aromatic carbocycles. The van der Waals surface area contributed by atoms with Crippen molar-refractivity contribution >= 4 is 5.78 Å². The van der Waals surface area contributed by atoms with E-state index in [1.807, 2.05) is 4.90 Å². The van der Waals surface area contributed by atoms with Crippen molar-refractivity contribution in [1.29, 1.82) is 0 Å². The van der Waals surface area contributed by atoms with E-state index in [1.54, 1.807) is 14.0 Å². The normalized spacial score (nSPS) is 10.8. The average molecular weight is 189 g/mol. The fraction of sp³-hybridized carbons (Fsp3) is 0.889. The van der Waals surface area contributed by atoms with Crippen molar-refractivity contribution in [3.05, 3.63) is 0 Å². The van der Waals surface area contributed by atoms with Crippen LogP contribution in [0, 0.1) is 0 Å². The zero-order valence-electron chi connectivity index (χ0n) is 8.45. The number of nitrogens with zero attached hydrogens (tertiary/aromatic N) is 1. The van der Waals surface area contributed by atoms with Crippen molar-refractivity contribution in [3.63, 3.8) is 0 Å². The number of aliphatic hydroxyl groups is 1. The van der Waals surface area contributed by atoms with Crippen molar-refractivity contribution < 1.29 is 14.6 Å². The van der Waals surface area contributed by atoms with E-state index in [1.165, 1.54) is 0 Å². The molecule has 0 heterocycles. The van der Waals surface area contributed by atoms with Crippen LogP contribution in [0.5, 0.6) is 0 Å². The van der Waals surface area contributed by atoms with Gasteiger partial charge in [-0.2, -0.15) is 0 Å². The van der Waals surface area contributed by atoms with E-state index < -0.39 is 0 Å². The molecule has 0 unspecified atom stereocenters. The predicted octanol–water partition coefficient (Wildman–Crippen LogP) is -0.0938. The fourth-order valence-corrected chi connectivity index (χ4v) is 1.01. The van der Waals surface area contributed by atoms with E-state index in [9.17, 15) is 4.79 Å². The zero-order chi connectivity index (χ0) is 10.1. The Bertz CT molecular complexity index is 139. The summed E-state index contributed by atoms with van der Waals surface area (Å²) in [6.07, 6.45) is 0.545. The Hall–Kier alpha value is -0.450. The minimum atomic E-state index is 0.127.